The number of esters is 4. The molecule has 0 spiro atoms. The van der Waals surface area contributed by atoms with Crippen LogP contribution in [0.2, 0.25) is 0 Å². The van der Waals surface area contributed by atoms with Crippen molar-refractivity contribution in [3.63, 3.8) is 0 Å². The van der Waals surface area contributed by atoms with Gasteiger partial charge >= 0.3 is 23.9 Å². The van der Waals surface area contributed by atoms with Crippen LogP contribution in [0.15, 0.2) is 0 Å². The molecule has 0 aromatic rings. The smallest absolute Gasteiger partial charge is 0.310 e. The Morgan fingerprint density at radius 1 is 0.367 bits per heavy atom. The Balaban J connectivity index is 1.72. The molecule has 4 rings (SSSR count). The predicted molar refractivity (Wildman–Crippen MR) is 236 cm³/mol. The van der Waals surface area contributed by atoms with Crippen LogP contribution in [0.5, 0.6) is 0 Å². The van der Waals surface area contributed by atoms with Gasteiger partial charge in [0.25, 0.3) is 0 Å². The zero-order chi connectivity index (χ0) is 46.0. The summed E-state index contributed by atoms with van der Waals surface area (Å²) in [6, 6.07) is 0. The maximum absolute atomic E-state index is 14.8. The molecule has 2 unspecified atom stereocenters. The van der Waals surface area contributed by atoms with Crippen LogP contribution in [-0.4, -0.2) is 140 Å². The lowest BCUT2D eigenvalue weighted by molar-refractivity contribution is -0.182. The van der Waals surface area contributed by atoms with Crippen molar-refractivity contribution in [2.24, 2.45) is 11.8 Å². The summed E-state index contributed by atoms with van der Waals surface area (Å²) in [7, 11) is 8.34. The fraction of sp³-hybridized carbons (Fsp3) is 0.917. The average molecular weight is 847 g/mol. The highest BCUT2D eigenvalue weighted by Gasteiger charge is 2.51. The molecule has 60 heavy (non-hydrogen) atoms. The van der Waals surface area contributed by atoms with Crippen LogP contribution < -0.4 is 0 Å². The van der Waals surface area contributed by atoms with E-state index in [-0.39, 0.29) is 44.3 Å². The lowest BCUT2D eigenvalue weighted by Crippen LogP contribution is -2.61. The number of hydrogen-bond donors (Lipinski definition) is 0. The minimum Gasteiger partial charge on any atom is -0.462 e. The largest absolute Gasteiger partial charge is 0.462 e. The number of carbonyl (C=O) groups excluding carboxylic acids is 4. The van der Waals surface area contributed by atoms with Gasteiger partial charge in [-0.05, 0) is 139 Å². The molecular formula is C48H86N4O8. The Hall–Kier alpha value is -2.28. The number of carbonyl (C=O) groups is 4. The van der Waals surface area contributed by atoms with Gasteiger partial charge in [0, 0.05) is 95.7 Å². The molecule has 12 heteroatoms. The van der Waals surface area contributed by atoms with E-state index < -0.39 is 73.0 Å². The molecule has 0 aromatic heterocycles. The quantitative estimate of drug-likeness (QED) is 0.149. The average Bonchev–Trinajstić information content (AvgIpc) is 3.04. The molecule has 4 aliphatic heterocycles. The van der Waals surface area contributed by atoms with Crippen LogP contribution in [0.1, 0.15) is 175 Å². The number of nitrogens with zero attached hydrogens (tertiary/aromatic N) is 4. The van der Waals surface area contributed by atoms with Gasteiger partial charge < -0.3 is 18.9 Å². The minimum atomic E-state index is -1.34. The predicted octanol–water partition coefficient (Wildman–Crippen LogP) is 7.78. The highest BCUT2D eigenvalue weighted by atomic mass is 16.6. The zero-order valence-electron chi connectivity index (χ0n) is 41.6. The van der Waals surface area contributed by atoms with Gasteiger partial charge in [-0.25, -0.2) is 0 Å². The summed E-state index contributed by atoms with van der Waals surface area (Å²) in [6.07, 6.45) is 2.06. The molecule has 4 saturated heterocycles. The zero-order valence-corrected chi connectivity index (χ0v) is 41.6. The number of ether oxygens (including phenoxy) is 4. The third-order valence-electron chi connectivity index (χ3n) is 16.1. The number of piperidine rings is 4. The second-order valence-electron chi connectivity index (χ2n) is 24.3. The second-order valence-corrected chi connectivity index (χ2v) is 24.3. The molecule has 0 amide bonds. The van der Waals surface area contributed by atoms with Gasteiger partial charge in [-0.1, -0.05) is 0 Å². The van der Waals surface area contributed by atoms with Gasteiger partial charge in [-0.15, -0.1) is 0 Å². The Kier molecular flexibility index (Phi) is 14.3. The molecule has 346 valence electrons. The molecule has 2 atom stereocenters. The van der Waals surface area contributed by atoms with Crippen molar-refractivity contribution in [3.8, 4) is 0 Å². The molecular weight excluding hydrogens is 761 g/mol. The van der Waals surface area contributed by atoms with Crippen molar-refractivity contribution in [2.45, 2.75) is 244 Å². The van der Waals surface area contributed by atoms with E-state index in [1.54, 1.807) is 0 Å². The van der Waals surface area contributed by atoms with Gasteiger partial charge in [0.15, 0.2) is 0 Å². The molecule has 0 radical (unpaired) electrons. The van der Waals surface area contributed by atoms with Crippen LogP contribution in [0.4, 0.5) is 0 Å². The van der Waals surface area contributed by atoms with E-state index in [1.165, 1.54) is 0 Å². The summed E-state index contributed by atoms with van der Waals surface area (Å²) in [5, 5.41) is 0. The highest BCUT2D eigenvalue weighted by molar-refractivity contribution is 5.88. The van der Waals surface area contributed by atoms with E-state index in [1.807, 2.05) is 0 Å². The minimum absolute atomic E-state index is 0.248. The van der Waals surface area contributed by atoms with Crippen LogP contribution in [0.25, 0.3) is 0 Å². The summed E-state index contributed by atoms with van der Waals surface area (Å²) >= 11 is 0. The third kappa shape index (κ3) is 11.3. The van der Waals surface area contributed by atoms with Crippen molar-refractivity contribution < 1.29 is 38.1 Å². The summed E-state index contributed by atoms with van der Waals surface area (Å²) < 4.78 is 25.2. The van der Waals surface area contributed by atoms with Crippen molar-refractivity contribution in [1.82, 2.24) is 19.6 Å². The second kappa shape index (κ2) is 17.0. The fourth-order valence-electron chi connectivity index (χ4n) is 11.6. The monoisotopic (exact) mass is 847 g/mol. The Bertz CT molecular complexity index is 1410. The highest BCUT2D eigenvalue weighted by Crippen LogP contribution is 2.43. The van der Waals surface area contributed by atoms with Gasteiger partial charge in [0.1, 0.15) is 24.4 Å². The molecule has 0 saturated carbocycles. The number of likely N-dealkylation sites (tertiary alicyclic amines) is 4. The van der Waals surface area contributed by atoms with Crippen LogP contribution in [-0.2, 0) is 38.1 Å². The van der Waals surface area contributed by atoms with Gasteiger partial charge in [-0.2, -0.15) is 0 Å². The standard InChI is InChI=1S/C48H86N4O8/c1-41(2)23-31(24-42(3,4)49(41)17)57-37(53)21-35(39(55)59-33-27-45(9,10)51(19)46(11,12)28-33)36(40(56)60-34-29-47(13,14)52(20)48(15,16)30-34)22-38(54)58-32-25-43(5,6)50(18)44(7,8)26-32/h31-36H,21-30H2,1-20H3. The lowest BCUT2D eigenvalue weighted by Gasteiger charge is -2.53. The van der Waals surface area contributed by atoms with Crippen molar-refractivity contribution in [2.75, 3.05) is 28.2 Å². The van der Waals surface area contributed by atoms with Crippen molar-refractivity contribution in [3.05, 3.63) is 0 Å². The Labute approximate surface area is 364 Å². The van der Waals surface area contributed by atoms with Crippen LogP contribution >= 0.6 is 0 Å². The van der Waals surface area contributed by atoms with Crippen LogP contribution in [0, 0.1) is 11.8 Å². The van der Waals surface area contributed by atoms with Gasteiger partial charge in [0.2, 0.25) is 0 Å². The maximum Gasteiger partial charge on any atom is 0.310 e. The molecule has 0 bridgehead atoms. The van der Waals surface area contributed by atoms with Crippen molar-refractivity contribution >= 4 is 23.9 Å². The van der Waals surface area contributed by atoms with E-state index in [2.05, 4.69) is 159 Å². The first-order chi connectivity index (χ1) is 26.9. The van der Waals surface area contributed by atoms with E-state index in [0.29, 0.717) is 51.4 Å². The molecule has 0 aromatic carbocycles. The van der Waals surface area contributed by atoms with Crippen LogP contribution in [0.3, 0.4) is 0 Å². The van der Waals surface area contributed by atoms with Crippen molar-refractivity contribution in [1.29, 1.82) is 0 Å². The lowest BCUT2D eigenvalue weighted by atomic mass is 9.78. The summed E-state index contributed by atoms with van der Waals surface area (Å²) in [6.45, 7) is 34.1. The Morgan fingerprint density at radius 3 is 0.717 bits per heavy atom. The number of rotatable bonds is 11. The normalized spacial score (nSPS) is 28.3. The SMILES string of the molecule is CN1C(C)(C)CC(OC(=O)CC(C(=O)OC2CC(C)(C)N(C)C(C)(C)C2)C(CC(=O)OC2CC(C)(C)N(C)C(C)(C)C2)C(=O)OC2CC(C)(C)N(C)C(C)(C)C2)CC1(C)C. The summed E-state index contributed by atoms with van der Waals surface area (Å²) in [5.74, 6) is -5.28. The van der Waals surface area contributed by atoms with E-state index in [4.69, 9.17) is 18.9 Å². The van der Waals surface area contributed by atoms with Gasteiger partial charge in [-0.3, -0.25) is 38.8 Å². The fourth-order valence-corrected chi connectivity index (χ4v) is 11.6. The molecule has 0 aliphatic carbocycles. The first kappa shape index (κ1) is 50.4. The first-order valence-electron chi connectivity index (χ1n) is 22.7. The molecule has 4 aliphatic rings. The molecule has 0 N–H and O–H groups in total. The van der Waals surface area contributed by atoms with E-state index >= 15 is 0 Å². The van der Waals surface area contributed by atoms with E-state index in [0.717, 1.165) is 0 Å². The Morgan fingerprint density at radius 2 is 0.533 bits per heavy atom. The summed E-state index contributed by atoms with van der Waals surface area (Å²) in [5.41, 5.74) is -2.16. The van der Waals surface area contributed by atoms with Gasteiger partial charge in [0.05, 0.1) is 24.7 Å². The number of hydrogen-bond acceptors (Lipinski definition) is 12. The molecule has 4 fully saturated rings. The first-order valence-corrected chi connectivity index (χ1v) is 22.7. The maximum atomic E-state index is 14.8. The van der Waals surface area contributed by atoms with E-state index in [9.17, 15) is 19.2 Å². The molecule has 12 nitrogen and oxygen atoms in total. The summed E-state index contributed by atoms with van der Waals surface area (Å²) in [4.78, 5) is 67.4. The molecule has 4 heterocycles. The third-order valence-corrected chi connectivity index (χ3v) is 16.1. The topological polar surface area (TPSA) is 118 Å².